The van der Waals surface area contributed by atoms with Gasteiger partial charge in [0.25, 0.3) is 0 Å². The molecule has 2 heteroatoms. The van der Waals surface area contributed by atoms with Gasteiger partial charge in [-0.2, -0.15) is 0 Å². The minimum Gasteiger partial charge on any atom is -0.396 e. The Morgan fingerprint density at radius 3 is 2.75 bits per heavy atom. The van der Waals surface area contributed by atoms with Crippen molar-refractivity contribution in [3.8, 4) is 0 Å². The Morgan fingerprint density at radius 1 is 1.42 bits per heavy atom. The van der Waals surface area contributed by atoms with E-state index in [2.05, 4.69) is 6.92 Å². The minimum atomic E-state index is -0.471. The molecular formula is C10H20O2. The highest BCUT2D eigenvalue weighted by atomic mass is 16.3. The number of rotatable bonds is 3. The monoisotopic (exact) mass is 172 g/mol. The van der Waals surface area contributed by atoms with Gasteiger partial charge in [0, 0.05) is 6.61 Å². The zero-order valence-corrected chi connectivity index (χ0v) is 7.92. The molecule has 1 saturated carbocycles. The van der Waals surface area contributed by atoms with Crippen LogP contribution in [0.3, 0.4) is 0 Å². The third-order valence-corrected chi connectivity index (χ3v) is 3.18. The van der Waals surface area contributed by atoms with E-state index in [1.807, 2.05) is 0 Å². The Bertz CT molecular complexity index is 136. The van der Waals surface area contributed by atoms with Gasteiger partial charge >= 0.3 is 0 Å². The van der Waals surface area contributed by atoms with Gasteiger partial charge in [-0.25, -0.2) is 0 Å². The Morgan fingerprint density at radius 2 is 2.17 bits per heavy atom. The molecule has 0 radical (unpaired) electrons. The van der Waals surface area contributed by atoms with Crippen molar-refractivity contribution in [2.24, 2.45) is 5.92 Å². The number of hydrogen-bond donors (Lipinski definition) is 2. The van der Waals surface area contributed by atoms with Crippen molar-refractivity contribution in [3.05, 3.63) is 0 Å². The normalized spacial score (nSPS) is 36.8. The summed E-state index contributed by atoms with van der Waals surface area (Å²) in [4.78, 5) is 0. The van der Waals surface area contributed by atoms with E-state index in [-0.39, 0.29) is 6.61 Å². The molecule has 0 saturated heterocycles. The molecule has 1 fully saturated rings. The van der Waals surface area contributed by atoms with Crippen LogP contribution in [0.2, 0.25) is 0 Å². The molecule has 0 amide bonds. The van der Waals surface area contributed by atoms with Crippen LogP contribution in [0.4, 0.5) is 0 Å². The van der Waals surface area contributed by atoms with Crippen LogP contribution in [0.1, 0.15) is 45.4 Å². The Labute approximate surface area is 74.6 Å². The lowest BCUT2D eigenvalue weighted by Gasteiger charge is -2.38. The molecule has 12 heavy (non-hydrogen) atoms. The molecule has 0 spiro atoms. The molecule has 1 aliphatic rings. The van der Waals surface area contributed by atoms with Crippen LogP contribution in [-0.4, -0.2) is 22.4 Å². The predicted octanol–water partition coefficient (Wildman–Crippen LogP) is 1.70. The van der Waals surface area contributed by atoms with Crippen LogP contribution in [0.5, 0.6) is 0 Å². The summed E-state index contributed by atoms with van der Waals surface area (Å²) in [5.74, 6) is 0.415. The molecule has 0 aromatic rings. The summed E-state index contributed by atoms with van der Waals surface area (Å²) in [6, 6.07) is 0. The van der Waals surface area contributed by atoms with Crippen molar-refractivity contribution >= 4 is 0 Å². The van der Waals surface area contributed by atoms with E-state index in [4.69, 9.17) is 5.11 Å². The molecule has 2 atom stereocenters. The van der Waals surface area contributed by atoms with Gasteiger partial charge in [-0.05, 0) is 31.6 Å². The number of aliphatic hydroxyl groups is 2. The van der Waals surface area contributed by atoms with Gasteiger partial charge in [-0.3, -0.25) is 0 Å². The molecule has 2 nitrogen and oxygen atoms in total. The van der Waals surface area contributed by atoms with E-state index in [0.717, 1.165) is 32.1 Å². The molecule has 1 rings (SSSR count). The maximum absolute atomic E-state index is 10.2. The van der Waals surface area contributed by atoms with E-state index in [9.17, 15) is 5.11 Å². The fraction of sp³-hybridized carbons (Fsp3) is 1.00. The fourth-order valence-corrected chi connectivity index (χ4v) is 2.15. The molecule has 0 unspecified atom stereocenters. The minimum absolute atomic E-state index is 0.203. The SMILES string of the molecule is C[C@H]1CCCC[C@]1(O)CCCO. The van der Waals surface area contributed by atoms with Crippen molar-refractivity contribution in [1.82, 2.24) is 0 Å². The molecule has 1 aliphatic carbocycles. The molecular weight excluding hydrogens is 152 g/mol. The van der Waals surface area contributed by atoms with Crippen LogP contribution < -0.4 is 0 Å². The van der Waals surface area contributed by atoms with Crippen molar-refractivity contribution in [1.29, 1.82) is 0 Å². The zero-order chi connectivity index (χ0) is 9.03. The standard InChI is InChI=1S/C10H20O2/c1-9-5-2-3-6-10(9,12)7-4-8-11/h9,11-12H,2-8H2,1H3/t9-,10-/m0/s1. The van der Waals surface area contributed by atoms with Crippen molar-refractivity contribution in [2.45, 2.75) is 51.0 Å². The van der Waals surface area contributed by atoms with Gasteiger partial charge in [0.1, 0.15) is 0 Å². The quantitative estimate of drug-likeness (QED) is 0.680. The molecule has 0 bridgehead atoms. The average molecular weight is 172 g/mol. The summed E-state index contributed by atoms with van der Waals surface area (Å²) in [6.07, 6.45) is 5.97. The topological polar surface area (TPSA) is 40.5 Å². The maximum atomic E-state index is 10.2. The number of hydrogen-bond acceptors (Lipinski definition) is 2. The first-order valence-corrected chi connectivity index (χ1v) is 5.02. The molecule has 0 heterocycles. The first-order valence-electron chi connectivity index (χ1n) is 5.02. The Kier molecular flexibility index (Phi) is 3.53. The van der Waals surface area contributed by atoms with Crippen molar-refractivity contribution in [3.63, 3.8) is 0 Å². The van der Waals surface area contributed by atoms with Crippen LogP contribution in [0, 0.1) is 5.92 Å². The lowest BCUT2D eigenvalue weighted by molar-refractivity contribution is -0.0515. The lowest BCUT2D eigenvalue weighted by atomic mass is 9.74. The summed E-state index contributed by atoms with van der Waals surface area (Å²) in [6.45, 7) is 2.32. The molecule has 2 N–H and O–H groups in total. The van der Waals surface area contributed by atoms with Crippen LogP contribution in [-0.2, 0) is 0 Å². The summed E-state index contributed by atoms with van der Waals surface area (Å²) >= 11 is 0. The summed E-state index contributed by atoms with van der Waals surface area (Å²) in [5, 5.41) is 18.8. The third-order valence-electron chi connectivity index (χ3n) is 3.18. The van der Waals surface area contributed by atoms with E-state index < -0.39 is 5.60 Å². The Hall–Kier alpha value is -0.0800. The molecule has 0 aromatic heterocycles. The molecule has 0 aromatic carbocycles. The maximum Gasteiger partial charge on any atom is 0.0674 e. The van der Waals surface area contributed by atoms with Gasteiger partial charge in [0.15, 0.2) is 0 Å². The van der Waals surface area contributed by atoms with Crippen LogP contribution in [0.25, 0.3) is 0 Å². The lowest BCUT2D eigenvalue weighted by Crippen LogP contribution is -2.39. The van der Waals surface area contributed by atoms with E-state index in [1.54, 1.807) is 0 Å². The first-order chi connectivity index (χ1) is 5.69. The van der Waals surface area contributed by atoms with Crippen molar-refractivity contribution in [2.75, 3.05) is 6.61 Å². The highest BCUT2D eigenvalue weighted by molar-refractivity contribution is 4.87. The second-order valence-electron chi connectivity index (χ2n) is 4.08. The highest BCUT2D eigenvalue weighted by Gasteiger charge is 2.34. The van der Waals surface area contributed by atoms with E-state index in [0.29, 0.717) is 5.92 Å². The van der Waals surface area contributed by atoms with E-state index in [1.165, 1.54) is 6.42 Å². The zero-order valence-electron chi connectivity index (χ0n) is 7.92. The van der Waals surface area contributed by atoms with Crippen LogP contribution in [0.15, 0.2) is 0 Å². The predicted molar refractivity (Wildman–Crippen MR) is 48.9 cm³/mol. The van der Waals surface area contributed by atoms with Crippen molar-refractivity contribution < 1.29 is 10.2 Å². The number of aliphatic hydroxyl groups excluding tert-OH is 1. The smallest absolute Gasteiger partial charge is 0.0674 e. The summed E-state index contributed by atoms with van der Waals surface area (Å²) < 4.78 is 0. The van der Waals surface area contributed by atoms with Crippen LogP contribution >= 0.6 is 0 Å². The Balaban J connectivity index is 2.42. The average Bonchev–Trinajstić information content (AvgIpc) is 2.07. The van der Waals surface area contributed by atoms with Gasteiger partial charge in [-0.1, -0.05) is 19.8 Å². The first kappa shape index (κ1) is 10.0. The summed E-state index contributed by atoms with van der Waals surface area (Å²) in [5.41, 5.74) is -0.471. The van der Waals surface area contributed by atoms with Gasteiger partial charge < -0.3 is 10.2 Å². The second-order valence-corrected chi connectivity index (χ2v) is 4.08. The molecule has 0 aliphatic heterocycles. The fourth-order valence-electron chi connectivity index (χ4n) is 2.15. The second kappa shape index (κ2) is 4.24. The third kappa shape index (κ3) is 2.20. The molecule has 72 valence electrons. The van der Waals surface area contributed by atoms with Gasteiger partial charge in [0.2, 0.25) is 0 Å². The largest absolute Gasteiger partial charge is 0.396 e. The van der Waals surface area contributed by atoms with Gasteiger partial charge in [0.05, 0.1) is 5.60 Å². The highest BCUT2D eigenvalue weighted by Crippen LogP contribution is 2.36. The van der Waals surface area contributed by atoms with Gasteiger partial charge in [-0.15, -0.1) is 0 Å². The summed E-state index contributed by atoms with van der Waals surface area (Å²) in [7, 11) is 0. The van der Waals surface area contributed by atoms with E-state index >= 15 is 0 Å².